The Labute approximate surface area is 600 Å². The van der Waals surface area contributed by atoms with E-state index in [1.54, 1.807) is 0 Å². The van der Waals surface area contributed by atoms with E-state index in [1.807, 2.05) is 21.1 Å². The number of carboxylic acid groups (broad SMARTS) is 1. The van der Waals surface area contributed by atoms with Crippen LogP contribution < -0.4 is 0 Å². The van der Waals surface area contributed by atoms with Crippen LogP contribution >= 0.6 is 0 Å². The van der Waals surface area contributed by atoms with Gasteiger partial charge in [0.15, 0.2) is 6.10 Å². The van der Waals surface area contributed by atoms with Crippen molar-refractivity contribution in [2.45, 2.75) is 495 Å². The standard InChI is InChI=1S/C87H171NO8/c1-6-8-10-12-14-16-18-20-22-24-26-28-30-32-34-36-38-39-40-41-42-43-44-45-46-48-50-52-54-56-58-60-62-64-66-68-70-72-74-76-78-85(90)96-83(82-95-87(86(91)92)93-80-79-88(3,4)5)81-94-84(89)77-75-73-71-69-67-65-63-61-59-57-55-53-51-49-47-37-35-33-31-29-27-25-23-21-19-17-15-13-11-9-7-2/h83,87H,6-82H2,1-5H3/p+1. The summed E-state index contributed by atoms with van der Waals surface area (Å²) in [4.78, 5) is 37.8. The smallest absolute Gasteiger partial charge is 0.361 e. The molecule has 96 heavy (non-hydrogen) atoms. The molecular weight excluding hydrogens is 1190 g/mol. The Hall–Kier alpha value is -1.71. The summed E-state index contributed by atoms with van der Waals surface area (Å²) < 4.78 is 23.1. The molecule has 9 heteroatoms. The van der Waals surface area contributed by atoms with Gasteiger partial charge in [0.1, 0.15) is 13.2 Å². The molecular formula is C87H172NO8+. The van der Waals surface area contributed by atoms with Gasteiger partial charge in [-0.05, 0) is 12.8 Å². The molecule has 0 aromatic heterocycles. The van der Waals surface area contributed by atoms with Crippen molar-refractivity contribution in [1.29, 1.82) is 0 Å². The van der Waals surface area contributed by atoms with Gasteiger partial charge in [-0.25, -0.2) is 4.79 Å². The molecule has 0 spiro atoms. The first-order chi connectivity index (χ1) is 47.1. The first-order valence-corrected chi connectivity index (χ1v) is 43.7. The Balaban J connectivity index is 3.88. The first-order valence-electron chi connectivity index (χ1n) is 43.7. The average Bonchev–Trinajstić information content (AvgIpc) is 2.72. The van der Waals surface area contributed by atoms with Crippen LogP contribution in [0.25, 0.3) is 0 Å². The topological polar surface area (TPSA) is 108 Å². The molecule has 0 amide bonds. The summed E-state index contributed by atoms with van der Waals surface area (Å²) in [5, 5.41) is 9.78. The highest BCUT2D eigenvalue weighted by atomic mass is 16.7. The predicted octanol–water partition coefficient (Wildman–Crippen LogP) is 28.1. The van der Waals surface area contributed by atoms with E-state index in [9.17, 15) is 19.5 Å². The maximum atomic E-state index is 13.0. The van der Waals surface area contributed by atoms with Gasteiger partial charge < -0.3 is 28.5 Å². The summed E-state index contributed by atoms with van der Waals surface area (Å²) >= 11 is 0. The Morgan fingerprint density at radius 3 is 0.667 bits per heavy atom. The molecule has 0 fully saturated rings. The molecule has 9 nitrogen and oxygen atoms in total. The number of aliphatic carboxylic acids is 1. The third-order valence-corrected chi connectivity index (χ3v) is 20.6. The van der Waals surface area contributed by atoms with E-state index in [2.05, 4.69) is 13.8 Å². The predicted molar refractivity (Wildman–Crippen MR) is 415 cm³/mol. The normalized spacial score (nSPS) is 12.5. The molecule has 0 aliphatic carbocycles. The van der Waals surface area contributed by atoms with Gasteiger partial charge in [0.05, 0.1) is 34.4 Å². The third kappa shape index (κ3) is 79.6. The molecule has 0 saturated carbocycles. The first kappa shape index (κ1) is 94.3. The van der Waals surface area contributed by atoms with Crippen LogP contribution in [-0.2, 0) is 33.3 Å². The lowest BCUT2D eigenvalue weighted by atomic mass is 10.0. The van der Waals surface area contributed by atoms with Crippen LogP contribution in [0.2, 0.25) is 0 Å². The summed E-state index contributed by atoms with van der Waals surface area (Å²) in [6.07, 6.45) is 96.0. The molecule has 0 rings (SSSR count). The van der Waals surface area contributed by atoms with Crippen LogP contribution in [0.3, 0.4) is 0 Å². The molecule has 0 heterocycles. The zero-order valence-corrected chi connectivity index (χ0v) is 65.9. The fourth-order valence-corrected chi connectivity index (χ4v) is 14.0. The van der Waals surface area contributed by atoms with Gasteiger partial charge in [0, 0.05) is 12.8 Å². The summed E-state index contributed by atoms with van der Waals surface area (Å²) in [6.45, 7) is 4.99. The van der Waals surface area contributed by atoms with Crippen LogP contribution in [-0.4, -0.2) is 87.4 Å². The molecule has 0 bridgehead atoms. The number of esters is 2. The van der Waals surface area contributed by atoms with Gasteiger partial charge in [0.2, 0.25) is 0 Å². The van der Waals surface area contributed by atoms with E-state index >= 15 is 0 Å². The molecule has 1 N–H and O–H groups in total. The average molecular weight is 1360 g/mol. The number of carbonyl (C=O) groups excluding carboxylic acids is 2. The van der Waals surface area contributed by atoms with E-state index in [0.29, 0.717) is 17.4 Å². The van der Waals surface area contributed by atoms with Crippen LogP contribution in [0.1, 0.15) is 483 Å². The lowest BCUT2D eigenvalue weighted by molar-refractivity contribution is -0.870. The highest BCUT2D eigenvalue weighted by Crippen LogP contribution is 2.22. The van der Waals surface area contributed by atoms with Crippen molar-refractivity contribution < 1.29 is 42.9 Å². The minimum atomic E-state index is -1.51. The van der Waals surface area contributed by atoms with E-state index in [1.165, 1.54) is 417 Å². The van der Waals surface area contributed by atoms with Crippen LogP contribution in [0.4, 0.5) is 0 Å². The lowest BCUT2D eigenvalue weighted by Gasteiger charge is -2.25. The van der Waals surface area contributed by atoms with Gasteiger partial charge in [-0.3, -0.25) is 9.59 Å². The van der Waals surface area contributed by atoms with E-state index < -0.39 is 18.4 Å². The van der Waals surface area contributed by atoms with E-state index in [0.717, 1.165) is 38.5 Å². The van der Waals surface area contributed by atoms with Gasteiger partial charge in [0.25, 0.3) is 6.29 Å². The van der Waals surface area contributed by atoms with Crippen LogP contribution in [0.15, 0.2) is 0 Å². The molecule has 0 aromatic carbocycles. The van der Waals surface area contributed by atoms with E-state index in [-0.39, 0.29) is 38.2 Å². The lowest BCUT2D eigenvalue weighted by Crippen LogP contribution is -2.40. The van der Waals surface area contributed by atoms with Gasteiger partial charge >= 0.3 is 17.9 Å². The van der Waals surface area contributed by atoms with Gasteiger partial charge in [-0.1, -0.05) is 457 Å². The minimum absolute atomic E-state index is 0.171. The molecule has 0 aliphatic rings. The molecule has 2 atom stereocenters. The van der Waals surface area contributed by atoms with Crippen LogP contribution in [0.5, 0.6) is 0 Å². The summed E-state index contributed by atoms with van der Waals surface area (Å²) in [5.74, 6) is -1.96. The van der Waals surface area contributed by atoms with Crippen molar-refractivity contribution in [3.05, 3.63) is 0 Å². The Morgan fingerprint density at radius 1 is 0.271 bits per heavy atom. The molecule has 0 saturated heterocycles. The quantitative estimate of drug-likeness (QED) is 0.0278. The minimum Gasteiger partial charge on any atom is -0.477 e. The number of hydrogen-bond acceptors (Lipinski definition) is 7. The molecule has 0 radical (unpaired) electrons. The van der Waals surface area contributed by atoms with Crippen molar-refractivity contribution in [2.24, 2.45) is 0 Å². The Morgan fingerprint density at radius 2 is 0.469 bits per heavy atom. The fourth-order valence-electron chi connectivity index (χ4n) is 14.0. The number of carbonyl (C=O) groups is 3. The van der Waals surface area contributed by atoms with E-state index in [4.69, 9.17) is 18.9 Å². The number of likely N-dealkylation sites (N-methyl/N-ethyl adjacent to an activating group) is 1. The van der Waals surface area contributed by atoms with Gasteiger partial charge in [-0.2, -0.15) is 0 Å². The number of unbranched alkanes of at least 4 members (excludes halogenated alkanes) is 69. The molecule has 0 aromatic rings. The third-order valence-electron chi connectivity index (χ3n) is 20.6. The monoisotopic (exact) mass is 1360 g/mol. The molecule has 572 valence electrons. The second-order valence-corrected chi connectivity index (χ2v) is 31.6. The van der Waals surface area contributed by atoms with Crippen molar-refractivity contribution in [1.82, 2.24) is 0 Å². The molecule has 0 aliphatic heterocycles. The summed E-state index contributed by atoms with van der Waals surface area (Å²) in [5.41, 5.74) is 0. The SMILES string of the molecule is CCCCCCCCCCCCCCCCCCCCCCCCCCCCCCCCCCCCCCCCCCC(=O)OC(COC(=O)CCCCCCCCCCCCCCCCCCCCCCCCCCCCCCCCC)COC(OCC[N+](C)(C)C)C(=O)O. The summed E-state index contributed by atoms with van der Waals surface area (Å²) in [7, 11) is 6.01. The number of rotatable bonds is 84. The number of ether oxygens (including phenoxy) is 4. The van der Waals surface area contributed by atoms with Crippen molar-refractivity contribution in [3.8, 4) is 0 Å². The Bertz CT molecular complexity index is 1530. The summed E-state index contributed by atoms with van der Waals surface area (Å²) in [6, 6.07) is 0. The van der Waals surface area contributed by atoms with Crippen molar-refractivity contribution >= 4 is 17.9 Å². The number of nitrogens with zero attached hydrogens (tertiary/aromatic N) is 1. The van der Waals surface area contributed by atoms with Gasteiger partial charge in [-0.15, -0.1) is 0 Å². The van der Waals surface area contributed by atoms with Crippen LogP contribution in [0, 0.1) is 0 Å². The van der Waals surface area contributed by atoms with Crippen molar-refractivity contribution in [2.75, 3.05) is 47.5 Å². The fraction of sp³-hybridized carbons (Fsp3) is 0.966. The maximum absolute atomic E-state index is 13.0. The number of hydrogen-bond donors (Lipinski definition) is 1. The number of carboxylic acids is 1. The second-order valence-electron chi connectivity index (χ2n) is 31.6. The maximum Gasteiger partial charge on any atom is 0.361 e. The van der Waals surface area contributed by atoms with Crippen molar-refractivity contribution in [3.63, 3.8) is 0 Å². The zero-order valence-electron chi connectivity index (χ0n) is 65.9. The Kier molecular flexibility index (Phi) is 77.6. The zero-order chi connectivity index (χ0) is 69.7. The highest BCUT2D eigenvalue weighted by molar-refractivity contribution is 5.71. The second kappa shape index (κ2) is 79.0. The molecule has 2 unspecified atom stereocenters. The highest BCUT2D eigenvalue weighted by Gasteiger charge is 2.25. The largest absolute Gasteiger partial charge is 0.477 e. The number of quaternary nitrogens is 1.